The summed E-state index contributed by atoms with van der Waals surface area (Å²) in [6.07, 6.45) is 2.52. The van der Waals surface area contributed by atoms with Crippen LogP contribution in [-0.2, 0) is 9.63 Å². The third kappa shape index (κ3) is 2.78. The number of piperidine rings is 1. The third-order valence-corrected chi connectivity index (χ3v) is 3.85. The predicted octanol–water partition coefficient (Wildman–Crippen LogP) is 2.18. The molecule has 20 heavy (non-hydrogen) atoms. The molecule has 0 saturated carbocycles. The number of nitrogens with zero attached hydrogens (tertiary/aromatic N) is 1. The molecule has 106 valence electrons. The van der Waals surface area contributed by atoms with Crippen LogP contribution in [0.2, 0.25) is 5.02 Å². The van der Waals surface area contributed by atoms with Crippen molar-refractivity contribution in [3.63, 3.8) is 0 Å². The molecule has 1 aromatic rings. The van der Waals surface area contributed by atoms with Crippen LogP contribution in [0.3, 0.4) is 0 Å². The van der Waals surface area contributed by atoms with Gasteiger partial charge in [-0.05, 0) is 37.6 Å². The molecule has 1 atom stereocenters. The van der Waals surface area contributed by atoms with Gasteiger partial charge in [-0.3, -0.25) is 4.79 Å². The monoisotopic (exact) mass is 293 g/mol. The highest BCUT2D eigenvalue weighted by molar-refractivity contribution is 6.43. The van der Waals surface area contributed by atoms with E-state index in [1.807, 2.05) is 0 Å². The Hall–Kier alpha value is -1.59. The standard InChI is InChI=1S/C14H16ClN3O2/c15-10-3-1-4-11(7-10)17-13(19)12-8-14(20-18-12)5-2-6-16-9-14/h1,3-4,7,16H,2,5-6,8-9H2,(H,17,19). The fraction of sp³-hybridized carbons (Fsp3) is 0.429. The predicted molar refractivity (Wildman–Crippen MR) is 78.1 cm³/mol. The highest BCUT2D eigenvalue weighted by atomic mass is 35.5. The molecule has 1 fully saturated rings. The number of oxime groups is 1. The maximum atomic E-state index is 12.2. The third-order valence-electron chi connectivity index (χ3n) is 3.62. The Kier molecular flexibility index (Phi) is 3.63. The molecule has 2 N–H and O–H groups in total. The molecule has 5 nitrogen and oxygen atoms in total. The Morgan fingerprint density at radius 2 is 2.40 bits per heavy atom. The minimum atomic E-state index is -0.334. The van der Waals surface area contributed by atoms with Crippen LogP contribution in [0.15, 0.2) is 29.4 Å². The maximum Gasteiger partial charge on any atom is 0.273 e. The lowest BCUT2D eigenvalue weighted by molar-refractivity contribution is -0.110. The number of nitrogens with one attached hydrogen (secondary N) is 2. The molecule has 1 spiro atoms. The van der Waals surface area contributed by atoms with Gasteiger partial charge in [0, 0.05) is 23.7 Å². The average Bonchev–Trinajstić information content (AvgIpc) is 2.83. The molecule has 2 heterocycles. The molecule has 6 heteroatoms. The first kappa shape index (κ1) is 13.4. The fourth-order valence-corrected chi connectivity index (χ4v) is 2.77. The second-order valence-corrected chi connectivity index (χ2v) is 5.67. The van der Waals surface area contributed by atoms with Gasteiger partial charge < -0.3 is 15.5 Å². The number of amides is 1. The number of carbonyl (C=O) groups excluding carboxylic acids is 1. The normalized spacial score (nSPS) is 25.1. The van der Waals surface area contributed by atoms with E-state index in [9.17, 15) is 4.79 Å². The molecule has 1 amide bonds. The first-order chi connectivity index (χ1) is 9.67. The SMILES string of the molecule is O=C(Nc1cccc(Cl)c1)C1=NOC2(CCCNC2)C1. The van der Waals surface area contributed by atoms with E-state index in [0.29, 0.717) is 22.8 Å². The number of benzene rings is 1. The van der Waals surface area contributed by atoms with E-state index >= 15 is 0 Å². The van der Waals surface area contributed by atoms with Crippen molar-refractivity contribution in [1.29, 1.82) is 0 Å². The highest BCUT2D eigenvalue weighted by Crippen LogP contribution is 2.30. The lowest BCUT2D eigenvalue weighted by atomic mass is 9.89. The van der Waals surface area contributed by atoms with Crippen LogP contribution in [0.1, 0.15) is 19.3 Å². The van der Waals surface area contributed by atoms with Crippen LogP contribution < -0.4 is 10.6 Å². The zero-order valence-corrected chi connectivity index (χ0v) is 11.7. The lowest BCUT2D eigenvalue weighted by Gasteiger charge is -2.30. The molecule has 0 aliphatic carbocycles. The molecule has 2 aliphatic rings. The van der Waals surface area contributed by atoms with Crippen molar-refractivity contribution in [2.45, 2.75) is 24.9 Å². The minimum absolute atomic E-state index is 0.227. The second kappa shape index (κ2) is 5.42. The van der Waals surface area contributed by atoms with Crippen LogP contribution in [0.4, 0.5) is 5.69 Å². The van der Waals surface area contributed by atoms with E-state index in [1.54, 1.807) is 24.3 Å². The van der Waals surface area contributed by atoms with Crippen molar-refractivity contribution in [2.24, 2.45) is 5.16 Å². The molecule has 1 saturated heterocycles. The van der Waals surface area contributed by atoms with Gasteiger partial charge in [-0.2, -0.15) is 0 Å². The van der Waals surface area contributed by atoms with Gasteiger partial charge in [-0.1, -0.05) is 22.8 Å². The number of hydrogen-bond acceptors (Lipinski definition) is 4. The summed E-state index contributed by atoms with van der Waals surface area (Å²) in [5.41, 5.74) is 0.765. The Bertz CT molecular complexity index is 553. The van der Waals surface area contributed by atoms with Gasteiger partial charge in [0.25, 0.3) is 5.91 Å². The molecule has 0 radical (unpaired) electrons. The summed E-state index contributed by atoms with van der Waals surface area (Å²) < 4.78 is 0. The highest BCUT2D eigenvalue weighted by Gasteiger charge is 2.42. The quantitative estimate of drug-likeness (QED) is 0.878. The number of hydrogen-bond donors (Lipinski definition) is 2. The number of anilines is 1. The summed E-state index contributed by atoms with van der Waals surface area (Å²) in [6, 6.07) is 7.04. The summed E-state index contributed by atoms with van der Waals surface area (Å²) in [5.74, 6) is -0.227. The summed E-state index contributed by atoms with van der Waals surface area (Å²) >= 11 is 5.89. The average molecular weight is 294 g/mol. The molecular weight excluding hydrogens is 278 g/mol. The van der Waals surface area contributed by atoms with Gasteiger partial charge in [-0.15, -0.1) is 0 Å². The van der Waals surface area contributed by atoms with Crippen LogP contribution >= 0.6 is 11.6 Å². The summed E-state index contributed by atoms with van der Waals surface area (Å²) in [7, 11) is 0. The van der Waals surface area contributed by atoms with Crippen molar-refractivity contribution < 1.29 is 9.63 Å². The zero-order valence-electron chi connectivity index (χ0n) is 11.0. The maximum absolute atomic E-state index is 12.2. The van der Waals surface area contributed by atoms with Crippen molar-refractivity contribution >= 4 is 28.9 Å². The summed E-state index contributed by atoms with van der Waals surface area (Å²) in [6.45, 7) is 1.74. The molecule has 1 unspecified atom stereocenters. The van der Waals surface area contributed by atoms with Crippen molar-refractivity contribution in [3.05, 3.63) is 29.3 Å². The first-order valence-electron chi connectivity index (χ1n) is 6.70. The number of halogens is 1. The minimum Gasteiger partial charge on any atom is -0.387 e. The Labute approximate surface area is 122 Å². The van der Waals surface area contributed by atoms with E-state index in [4.69, 9.17) is 16.4 Å². The van der Waals surface area contributed by atoms with E-state index in [-0.39, 0.29) is 11.5 Å². The van der Waals surface area contributed by atoms with Crippen LogP contribution in [0, 0.1) is 0 Å². The van der Waals surface area contributed by atoms with Gasteiger partial charge in [0.05, 0.1) is 0 Å². The summed E-state index contributed by atoms with van der Waals surface area (Å²) in [5, 5.41) is 10.6. The number of carbonyl (C=O) groups is 1. The molecule has 0 bridgehead atoms. The van der Waals surface area contributed by atoms with Gasteiger partial charge in [0.15, 0.2) is 5.60 Å². The summed E-state index contributed by atoms with van der Waals surface area (Å²) in [4.78, 5) is 17.7. The Morgan fingerprint density at radius 3 is 3.15 bits per heavy atom. The van der Waals surface area contributed by atoms with Crippen LogP contribution in [0.25, 0.3) is 0 Å². The van der Waals surface area contributed by atoms with Crippen molar-refractivity contribution in [1.82, 2.24) is 5.32 Å². The topological polar surface area (TPSA) is 62.7 Å². The van der Waals surface area contributed by atoms with E-state index < -0.39 is 0 Å². The van der Waals surface area contributed by atoms with Gasteiger partial charge >= 0.3 is 0 Å². The molecular formula is C14H16ClN3O2. The second-order valence-electron chi connectivity index (χ2n) is 5.23. The molecule has 1 aromatic carbocycles. The molecule has 2 aliphatic heterocycles. The van der Waals surface area contributed by atoms with E-state index in [0.717, 1.165) is 25.9 Å². The number of rotatable bonds is 2. The van der Waals surface area contributed by atoms with Crippen molar-refractivity contribution in [3.8, 4) is 0 Å². The first-order valence-corrected chi connectivity index (χ1v) is 7.07. The van der Waals surface area contributed by atoms with Crippen molar-refractivity contribution in [2.75, 3.05) is 18.4 Å². The molecule has 0 aromatic heterocycles. The Balaban J connectivity index is 1.64. The fourth-order valence-electron chi connectivity index (χ4n) is 2.58. The smallest absolute Gasteiger partial charge is 0.273 e. The van der Waals surface area contributed by atoms with E-state index in [2.05, 4.69) is 15.8 Å². The lowest BCUT2D eigenvalue weighted by Crippen LogP contribution is -2.46. The van der Waals surface area contributed by atoms with Crippen LogP contribution in [-0.4, -0.2) is 30.3 Å². The Morgan fingerprint density at radius 1 is 1.50 bits per heavy atom. The molecule has 3 rings (SSSR count). The van der Waals surface area contributed by atoms with Gasteiger partial charge in [-0.25, -0.2) is 0 Å². The zero-order chi connectivity index (χ0) is 14.0. The van der Waals surface area contributed by atoms with E-state index in [1.165, 1.54) is 0 Å². The van der Waals surface area contributed by atoms with Gasteiger partial charge in [0.1, 0.15) is 5.71 Å². The largest absolute Gasteiger partial charge is 0.387 e. The van der Waals surface area contributed by atoms with Crippen LogP contribution in [0.5, 0.6) is 0 Å². The van der Waals surface area contributed by atoms with Gasteiger partial charge in [0.2, 0.25) is 0 Å².